The van der Waals surface area contributed by atoms with E-state index in [4.69, 9.17) is 23.2 Å². The van der Waals surface area contributed by atoms with E-state index in [0.717, 1.165) is 0 Å². The lowest BCUT2D eigenvalue weighted by molar-refractivity contribution is -0.384. The number of aromatic nitrogens is 2. The molecular weight excluding hydrogens is 529 g/mol. The molecule has 3 aromatic carbocycles. The Balaban J connectivity index is 1.65. The smallest absolute Gasteiger partial charge is 0.275 e. The fourth-order valence-electron chi connectivity index (χ4n) is 4.76. The molecule has 1 aliphatic heterocycles. The van der Waals surface area contributed by atoms with Crippen LogP contribution in [0, 0.1) is 23.0 Å². The van der Waals surface area contributed by atoms with E-state index in [0.29, 0.717) is 44.0 Å². The SMILES string of the molecule is CC1=NN(c2ccc(Cl)cc2)C(=O)[C@@H]1[C@@H](c1ccc([N+](=O)[O-])cc1)c1c(C)[nH]n(-c2ccc(Cl)cc2)c1=O. The summed E-state index contributed by atoms with van der Waals surface area (Å²) < 4.78 is 1.39. The molecule has 0 fully saturated rings. The van der Waals surface area contributed by atoms with Crippen molar-refractivity contribution in [2.24, 2.45) is 11.0 Å². The van der Waals surface area contributed by atoms with Gasteiger partial charge in [0, 0.05) is 45.1 Å². The molecule has 192 valence electrons. The number of halogens is 2. The first-order valence-electron chi connectivity index (χ1n) is 11.6. The van der Waals surface area contributed by atoms with Gasteiger partial charge in [0.05, 0.1) is 22.2 Å². The number of anilines is 1. The Hall–Kier alpha value is -4.21. The predicted molar refractivity (Wildman–Crippen MR) is 147 cm³/mol. The summed E-state index contributed by atoms with van der Waals surface area (Å²) in [6.45, 7) is 3.49. The average molecular weight is 550 g/mol. The highest BCUT2D eigenvalue weighted by molar-refractivity contribution is 6.31. The topological polar surface area (TPSA) is 114 Å². The number of nitro groups is 1. The first-order chi connectivity index (χ1) is 18.2. The number of nitrogens with zero attached hydrogens (tertiary/aromatic N) is 4. The second-order valence-corrected chi connectivity index (χ2v) is 9.81. The standard InChI is InChI=1S/C27H21Cl2N5O4/c1-15-23(26(35)32(30-15)20-11-5-18(28)6-12-20)25(17-3-9-22(10-4-17)34(37)38)24-16(2)31-33(27(24)36)21-13-7-19(29)8-14-21/h3-14,23,25,31H,1-2H3/t23-,25+/m0/s1. The molecule has 5 rings (SSSR count). The van der Waals surface area contributed by atoms with Crippen molar-refractivity contribution in [3.63, 3.8) is 0 Å². The molecule has 0 spiro atoms. The number of aromatic amines is 1. The summed E-state index contributed by atoms with van der Waals surface area (Å²) in [5, 5.41) is 21.2. The highest BCUT2D eigenvalue weighted by Gasteiger charge is 2.43. The Morgan fingerprint density at radius 3 is 2.00 bits per heavy atom. The molecule has 2 atom stereocenters. The summed E-state index contributed by atoms with van der Waals surface area (Å²) >= 11 is 12.0. The predicted octanol–water partition coefficient (Wildman–Crippen LogP) is 5.86. The van der Waals surface area contributed by atoms with Crippen LogP contribution in [0.5, 0.6) is 0 Å². The van der Waals surface area contributed by atoms with Crippen molar-refractivity contribution >= 4 is 46.2 Å². The third kappa shape index (κ3) is 4.51. The van der Waals surface area contributed by atoms with Crippen molar-refractivity contribution in [2.75, 3.05) is 5.01 Å². The van der Waals surface area contributed by atoms with Crippen molar-refractivity contribution < 1.29 is 9.72 Å². The van der Waals surface area contributed by atoms with Gasteiger partial charge in [0.25, 0.3) is 17.2 Å². The van der Waals surface area contributed by atoms with Crippen LogP contribution >= 0.6 is 23.2 Å². The number of hydrogen-bond acceptors (Lipinski definition) is 5. The minimum Gasteiger partial charge on any atom is -0.295 e. The molecule has 0 unspecified atom stereocenters. The third-order valence-corrected chi connectivity index (χ3v) is 7.07. The van der Waals surface area contributed by atoms with Gasteiger partial charge < -0.3 is 0 Å². The van der Waals surface area contributed by atoms with Crippen molar-refractivity contribution in [1.29, 1.82) is 0 Å². The van der Waals surface area contributed by atoms with E-state index in [2.05, 4.69) is 10.2 Å². The first kappa shape index (κ1) is 25.4. The number of non-ortho nitro benzene ring substituents is 1. The number of hydrogen-bond donors (Lipinski definition) is 1. The van der Waals surface area contributed by atoms with Crippen LogP contribution in [0.4, 0.5) is 11.4 Å². The Morgan fingerprint density at radius 2 is 1.45 bits per heavy atom. The molecule has 0 saturated heterocycles. The second-order valence-electron chi connectivity index (χ2n) is 8.94. The van der Waals surface area contributed by atoms with E-state index in [1.165, 1.54) is 21.8 Å². The fourth-order valence-corrected chi connectivity index (χ4v) is 5.01. The Kier molecular flexibility index (Phi) is 6.64. The highest BCUT2D eigenvalue weighted by atomic mass is 35.5. The lowest BCUT2D eigenvalue weighted by Crippen LogP contribution is -2.34. The van der Waals surface area contributed by atoms with E-state index in [9.17, 15) is 19.7 Å². The zero-order chi connectivity index (χ0) is 27.1. The molecule has 1 N–H and O–H groups in total. The van der Waals surface area contributed by atoms with Gasteiger partial charge in [-0.3, -0.25) is 24.8 Å². The monoisotopic (exact) mass is 549 g/mol. The van der Waals surface area contributed by atoms with Gasteiger partial charge in [-0.25, -0.2) is 9.69 Å². The summed E-state index contributed by atoms with van der Waals surface area (Å²) in [5.74, 6) is -1.92. The third-order valence-electron chi connectivity index (χ3n) is 6.56. The maximum Gasteiger partial charge on any atom is 0.275 e. The van der Waals surface area contributed by atoms with Crippen LogP contribution in [0.15, 0.2) is 82.7 Å². The molecule has 1 aliphatic rings. The summed E-state index contributed by atoms with van der Waals surface area (Å²) in [6, 6.07) is 19.4. The number of aryl methyl sites for hydroxylation is 1. The Morgan fingerprint density at radius 1 is 0.895 bits per heavy atom. The number of hydrazone groups is 1. The van der Waals surface area contributed by atoms with Crippen molar-refractivity contribution in [1.82, 2.24) is 9.78 Å². The number of carbonyl (C=O) groups is 1. The summed E-state index contributed by atoms with van der Waals surface area (Å²) in [6.07, 6.45) is 0. The number of rotatable bonds is 6. The van der Waals surface area contributed by atoms with Crippen molar-refractivity contribution in [2.45, 2.75) is 19.8 Å². The molecule has 1 amide bonds. The van der Waals surface area contributed by atoms with Gasteiger partial charge in [0.2, 0.25) is 0 Å². The van der Waals surface area contributed by atoms with Crippen LogP contribution in [0.3, 0.4) is 0 Å². The van der Waals surface area contributed by atoms with Gasteiger partial charge in [-0.15, -0.1) is 0 Å². The molecule has 0 radical (unpaired) electrons. The maximum atomic E-state index is 13.8. The maximum absolute atomic E-state index is 13.8. The zero-order valence-electron chi connectivity index (χ0n) is 20.3. The van der Waals surface area contributed by atoms with Gasteiger partial charge in [0.15, 0.2) is 0 Å². The molecule has 38 heavy (non-hydrogen) atoms. The highest BCUT2D eigenvalue weighted by Crippen LogP contribution is 2.39. The minimum atomic E-state index is -0.826. The molecule has 4 aromatic rings. The van der Waals surface area contributed by atoms with Crippen LogP contribution in [0.2, 0.25) is 10.0 Å². The van der Waals surface area contributed by atoms with Crippen LogP contribution in [-0.2, 0) is 4.79 Å². The second kappa shape index (κ2) is 9.92. The average Bonchev–Trinajstić information content (AvgIpc) is 3.36. The van der Waals surface area contributed by atoms with E-state index in [1.54, 1.807) is 74.5 Å². The number of benzene rings is 3. The van der Waals surface area contributed by atoms with Crippen LogP contribution in [0.1, 0.15) is 29.7 Å². The number of nitrogens with one attached hydrogen (secondary N) is 1. The van der Waals surface area contributed by atoms with Crippen LogP contribution in [0.25, 0.3) is 5.69 Å². The summed E-state index contributed by atoms with van der Waals surface area (Å²) in [7, 11) is 0. The van der Waals surface area contributed by atoms with Crippen molar-refractivity contribution in [3.8, 4) is 5.69 Å². The van der Waals surface area contributed by atoms with E-state index in [1.807, 2.05) is 0 Å². The van der Waals surface area contributed by atoms with Crippen molar-refractivity contribution in [3.05, 3.63) is 120 Å². The lowest BCUT2D eigenvalue weighted by atomic mass is 9.78. The molecule has 0 bridgehead atoms. The van der Waals surface area contributed by atoms with Gasteiger partial charge in [0.1, 0.15) is 0 Å². The number of amides is 1. The Bertz CT molecular complexity index is 1620. The number of nitro benzene ring substituents is 1. The van der Waals surface area contributed by atoms with Crippen LogP contribution < -0.4 is 10.6 Å². The molecule has 1 aromatic heterocycles. The number of H-pyrrole nitrogens is 1. The molecule has 2 heterocycles. The lowest BCUT2D eigenvalue weighted by Gasteiger charge is -2.23. The molecular formula is C27H21Cl2N5O4. The molecule has 0 saturated carbocycles. The van der Waals surface area contributed by atoms with Gasteiger partial charge in [-0.1, -0.05) is 35.3 Å². The van der Waals surface area contributed by atoms with Gasteiger partial charge >= 0.3 is 0 Å². The zero-order valence-corrected chi connectivity index (χ0v) is 21.8. The summed E-state index contributed by atoms with van der Waals surface area (Å²) in [5.41, 5.74) is 2.66. The van der Waals surface area contributed by atoms with E-state index >= 15 is 0 Å². The molecule has 11 heteroatoms. The quantitative estimate of drug-likeness (QED) is 0.239. The normalized spacial score (nSPS) is 16.0. The molecule has 0 aliphatic carbocycles. The first-order valence-corrected chi connectivity index (χ1v) is 12.4. The number of carbonyl (C=O) groups excluding carboxylic acids is 1. The minimum absolute atomic E-state index is 0.0946. The Labute approximate surface area is 227 Å². The van der Waals surface area contributed by atoms with Gasteiger partial charge in [-0.05, 0) is 67.9 Å². The van der Waals surface area contributed by atoms with E-state index in [-0.39, 0.29) is 17.2 Å². The fraction of sp³-hybridized carbons (Fsp3) is 0.148. The van der Waals surface area contributed by atoms with E-state index < -0.39 is 16.8 Å². The molecule has 9 nitrogen and oxygen atoms in total. The largest absolute Gasteiger partial charge is 0.295 e. The van der Waals surface area contributed by atoms with Gasteiger partial charge in [-0.2, -0.15) is 5.10 Å². The van der Waals surface area contributed by atoms with Crippen LogP contribution in [-0.4, -0.2) is 26.3 Å². The summed E-state index contributed by atoms with van der Waals surface area (Å²) in [4.78, 5) is 38.5.